The molecule has 0 bridgehead atoms. The van der Waals surface area contributed by atoms with Crippen molar-refractivity contribution in [1.82, 2.24) is 89.3 Å². The van der Waals surface area contributed by atoms with Crippen molar-refractivity contribution in [3.63, 3.8) is 0 Å². The number of aromatic nitrogens is 13. The van der Waals surface area contributed by atoms with Crippen LogP contribution in [0.25, 0.3) is 89.9 Å². The zero-order chi connectivity index (χ0) is 107. The predicted octanol–water partition coefficient (Wildman–Crippen LogP) is 3.63. The van der Waals surface area contributed by atoms with Crippen LogP contribution in [0.1, 0.15) is 101 Å². The summed E-state index contributed by atoms with van der Waals surface area (Å²) in [5, 5.41) is 51.0. The number of ether oxygens (including phenoxy) is 7. The number of fused-ring (bicyclic) bond motifs is 4. The molecule has 45 nitrogen and oxygen atoms in total. The number of carbonyl (C=O) groups excluding carboxylic acids is 4. The quantitative estimate of drug-likeness (QED) is 0.00857. The van der Waals surface area contributed by atoms with Gasteiger partial charge in [-0.15, -0.1) is 12.6 Å². The molecule has 14 aromatic rings. The maximum absolute atomic E-state index is 11.0. The molecule has 148 heavy (non-hydrogen) atoms. The van der Waals surface area contributed by atoms with E-state index in [1.54, 1.807) is 36.5 Å². The van der Waals surface area contributed by atoms with Crippen molar-refractivity contribution < 1.29 is 194 Å². The number of nitrogen functional groups attached to an aromatic ring is 2. The summed E-state index contributed by atoms with van der Waals surface area (Å²) in [7, 11) is 20.0. The maximum atomic E-state index is 11.0. The summed E-state index contributed by atoms with van der Waals surface area (Å²) < 4.78 is 80.2. The third kappa shape index (κ3) is 47.1. The van der Waals surface area contributed by atoms with Gasteiger partial charge in [-0.1, -0.05) is 6.07 Å². The first-order valence-electron chi connectivity index (χ1n) is 44.5. The van der Waals surface area contributed by atoms with Crippen LogP contribution in [0.15, 0.2) is 183 Å². The predicted molar refractivity (Wildman–Crippen MR) is 542 cm³/mol. The van der Waals surface area contributed by atoms with Gasteiger partial charge in [0.2, 0.25) is 0 Å². The van der Waals surface area contributed by atoms with Crippen LogP contribution in [-0.2, 0) is 70.2 Å². The topological polar surface area (TPSA) is 638 Å². The summed E-state index contributed by atoms with van der Waals surface area (Å²) >= 11 is -1.44. The van der Waals surface area contributed by atoms with Crippen molar-refractivity contribution in [2.75, 3.05) is 162 Å². The number of nitrogens with one attached hydrogen (secondary N) is 4. The molecule has 50 heteroatoms. The number of carbonyl (C=O) groups is 7. The van der Waals surface area contributed by atoms with Gasteiger partial charge in [-0.2, -0.15) is 0 Å². The number of aliphatic hydroxyl groups excluding tert-OH is 2. The molecular formula is C98H122BMnN20Na2O25S. The molecule has 0 fully saturated rings. The van der Waals surface area contributed by atoms with E-state index in [9.17, 15) is 33.6 Å². The van der Waals surface area contributed by atoms with Gasteiger partial charge in [-0.3, -0.25) is 39.1 Å². The third-order valence-electron chi connectivity index (χ3n) is 19.7. The Labute approximate surface area is 910 Å². The Kier molecular flexibility index (Phi) is 59.9. The average Bonchev–Trinajstić information content (AvgIpc) is 1.65. The van der Waals surface area contributed by atoms with Crippen LogP contribution >= 0.6 is 0 Å². The number of hydrogen-bond acceptors (Lipinski definition) is 38. The average molecular weight is 2120 g/mol. The number of esters is 2. The number of imidazole rings is 4. The van der Waals surface area contributed by atoms with Crippen LogP contribution in [0.2, 0.25) is 0 Å². The number of aliphatic hydroxyl groups is 3. The second kappa shape index (κ2) is 68.9. The van der Waals surface area contributed by atoms with E-state index < -0.39 is 73.7 Å². The summed E-state index contributed by atoms with van der Waals surface area (Å²) in [4.78, 5) is 136. The Bertz CT molecular complexity index is 6050. The monoisotopic (exact) mass is 2120 g/mol. The standard InChI is InChI=1S/2C29H35N7O2.C11H19N3O.C9H9NO4.C7H9NO2.C7H5NO2.C6H8O7.B.Mn.2Na.O3S.2O.2H/c2*1-35(2)13-5-15-37-21-8-11-23-26(17-21)33-28(31-23)20-7-10-25(30-19-20)29-32-24-12-9-22(18-27(24)34-29)38-16-6-14-36(3)4;1-14(2)6-3-7-15-9-4-5-10(12)11(13)8-9;1-13-8(11)6-3-4-7(10-5-6)9(12)14-2;2*9-4-6-1-2-7(5-10)8-3-6;7-3(8)1-6(13,5(11)12)2-4(9)10;;;;;1-4(2)3;;;;/h2*7-12,17-19H,5-6,13-16H2,1-4H3,(H,31,33)(H,32,34);4-5,8H,3,6-7,12-13H2,1-2H3;3-5H,1-2H3;1-3,9-10H,4-5H2;1-5H;13H,1-2H2,(H,7,8)(H,9,10)(H,11,12);;;;;;;;;/q;;;;;;;;;2*+1;;;;2*-1. The molecule has 0 aliphatic heterocycles. The number of carboxylic acid groups (broad SMARTS) is 3. The molecule has 0 aliphatic carbocycles. The second-order valence-corrected chi connectivity index (χ2v) is 33.2. The first kappa shape index (κ1) is 129. The van der Waals surface area contributed by atoms with Crippen molar-refractivity contribution in [3.05, 3.63) is 216 Å². The van der Waals surface area contributed by atoms with Crippen molar-refractivity contribution in [1.29, 1.82) is 0 Å². The van der Waals surface area contributed by atoms with Gasteiger partial charge in [0.15, 0.2) is 29.8 Å². The number of anilines is 2. The molecule has 14 rings (SSSR count). The number of carboxylic acids is 3. The molecule has 14 N–H and O–H groups in total. The summed E-state index contributed by atoms with van der Waals surface area (Å²) in [6.45, 7) is 8.39. The number of aliphatic carboxylic acids is 3. The Morgan fingerprint density at radius 1 is 0.426 bits per heavy atom. The third-order valence-corrected chi connectivity index (χ3v) is 19.7. The first-order valence-corrected chi connectivity index (χ1v) is 46.4. The van der Waals surface area contributed by atoms with Gasteiger partial charge in [-0.25, -0.2) is 39.3 Å². The van der Waals surface area contributed by atoms with Gasteiger partial charge in [0.1, 0.15) is 63.2 Å². The normalized spacial score (nSPS) is 10.4. The van der Waals surface area contributed by atoms with E-state index >= 15 is 0 Å². The molecule has 5 aromatic carbocycles. The number of benzene rings is 5. The molecule has 0 unspecified atom stereocenters. The van der Waals surface area contributed by atoms with Crippen LogP contribution in [0, 0.1) is 0 Å². The van der Waals surface area contributed by atoms with Gasteiger partial charge in [-0.05, 0) is 223 Å². The first-order chi connectivity index (χ1) is 69.3. The molecule has 3 radical (unpaired) electrons. The molecular weight excluding hydrogens is 2000 g/mol. The molecule has 0 spiro atoms. The molecule has 0 saturated carbocycles. The number of H-pyrrole nitrogens is 4. The van der Waals surface area contributed by atoms with Gasteiger partial charge in [0.25, 0.3) is 0 Å². The fraction of sp³-hybridized carbons (Fsp3) is 0.327. The van der Waals surface area contributed by atoms with E-state index in [4.69, 9.17) is 106 Å². The number of hydrogen-bond donors (Lipinski definition) is 12. The van der Waals surface area contributed by atoms with E-state index in [-0.39, 0.29) is 89.3 Å². The van der Waals surface area contributed by atoms with Crippen molar-refractivity contribution in [2.24, 2.45) is 0 Å². The summed E-state index contributed by atoms with van der Waals surface area (Å²) in [6.07, 6.45) is 11.7. The Morgan fingerprint density at radius 2 is 0.791 bits per heavy atom. The molecule has 0 aliphatic rings. The number of pyridine rings is 5. The SMILES string of the molecule is CN(C)CCCOc1ccc(N)c(N)c1.CN(C)CCCOc1ccc2nc(-c3ccc(-c4nc5ccc(OCCCN(C)C)cc5[nH]4)nc3)[nH]c2c1.CN(C)CCCOc1ccc2nc(-c3ccc(-c4nc5ccc(OCCCN(C)C)cc5[nH]4)nc3)[nH]c2c1.COC(=O)c1ccc(C(=O)OC)nc1.O=C(O)CC(O)(CC(=O)O)C(=O)O.O=Cc1ccc(C=O)nc1.O=S(=O)=O.OCc1ccc(CO)nc1.[B].[H-].[H-].[Na+].[Na+].[O]=[Mn]=[O]. The molecule has 0 saturated heterocycles. The zero-order valence-electron chi connectivity index (χ0n) is 86.6. The summed E-state index contributed by atoms with van der Waals surface area (Å²) in [6, 6.07) is 46.3. The summed E-state index contributed by atoms with van der Waals surface area (Å²) in [5.74, 6) is 1.05. The van der Waals surface area contributed by atoms with E-state index in [2.05, 4.69) is 135 Å². The Hall–Kier alpha value is -13.5. The Balaban J connectivity index is 0.000000921. The number of nitrogens with two attached hydrogens (primary N) is 2. The molecule has 782 valence electrons. The number of methoxy groups -OCH3 is 2. The number of aromatic amines is 4. The fourth-order valence-corrected chi connectivity index (χ4v) is 12.4. The van der Waals surface area contributed by atoms with E-state index in [0.29, 0.717) is 79.5 Å². The van der Waals surface area contributed by atoms with Gasteiger partial charge < -0.3 is 123 Å². The van der Waals surface area contributed by atoms with Crippen molar-refractivity contribution in [3.8, 4) is 74.6 Å². The number of rotatable bonds is 40. The minimum atomic E-state index is -3.11. The van der Waals surface area contributed by atoms with E-state index in [1.165, 1.54) is 44.8 Å². The van der Waals surface area contributed by atoms with Gasteiger partial charge in [0, 0.05) is 119 Å². The molecule has 9 heterocycles. The molecule has 9 aromatic heterocycles. The minimum absolute atomic E-state index is 0. The zero-order valence-corrected chi connectivity index (χ0v) is 90.6. The van der Waals surface area contributed by atoms with Crippen molar-refractivity contribution in [2.45, 2.75) is 63.8 Å². The number of aldehydes is 2. The van der Waals surface area contributed by atoms with E-state index in [0.717, 1.165) is 189 Å². The molecule has 0 amide bonds. The van der Waals surface area contributed by atoms with Crippen molar-refractivity contribution >= 4 is 117 Å². The van der Waals surface area contributed by atoms with E-state index in [1.807, 2.05) is 130 Å². The second-order valence-electron chi connectivity index (χ2n) is 32.6. The van der Waals surface area contributed by atoms with Crippen LogP contribution in [0.3, 0.4) is 0 Å². The summed E-state index contributed by atoms with van der Waals surface area (Å²) in [5.41, 5.74) is 22.9. The van der Waals surface area contributed by atoms with Gasteiger partial charge in [0.05, 0.1) is 140 Å². The number of nitrogens with zero attached hydrogens (tertiary/aromatic N) is 14. The van der Waals surface area contributed by atoms with Gasteiger partial charge >= 0.3 is 122 Å². The Morgan fingerprint density at radius 3 is 1.07 bits per heavy atom. The van der Waals surface area contributed by atoms with Crippen LogP contribution < -0.4 is 94.3 Å². The van der Waals surface area contributed by atoms with Crippen LogP contribution in [-0.4, -0.2) is 339 Å². The van der Waals surface area contributed by atoms with Crippen LogP contribution in [0.5, 0.6) is 28.7 Å². The fourth-order valence-electron chi connectivity index (χ4n) is 12.4. The molecule has 0 atom stereocenters. The van der Waals surface area contributed by atoms with Crippen LogP contribution in [0.4, 0.5) is 11.4 Å².